The minimum Gasteiger partial charge on any atom is -0.370 e. The number of hydrogen-bond donors (Lipinski definition) is 1. The molecule has 1 aromatic rings. The first-order valence-electron chi connectivity index (χ1n) is 7.53. The third-order valence-corrected chi connectivity index (χ3v) is 4.41. The number of ether oxygens (including phenoxy) is 2. The summed E-state index contributed by atoms with van der Waals surface area (Å²) in [5.74, 6) is 1.24. The Balaban J connectivity index is 1.58. The van der Waals surface area contributed by atoms with E-state index in [0.29, 0.717) is 24.4 Å². The first kappa shape index (κ1) is 14.0. The van der Waals surface area contributed by atoms with E-state index < -0.39 is 0 Å². The van der Waals surface area contributed by atoms with Crippen LogP contribution in [0.3, 0.4) is 0 Å². The van der Waals surface area contributed by atoms with Gasteiger partial charge in [0.2, 0.25) is 5.82 Å². The normalized spacial score (nSPS) is 23.2. The minimum atomic E-state index is -0.337. The Morgan fingerprint density at radius 3 is 2.75 bits per heavy atom. The van der Waals surface area contributed by atoms with Crippen molar-refractivity contribution < 1.29 is 14.0 Å². The van der Waals surface area contributed by atoms with Crippen molar-refractivity contribution in [3.63, 3.8) is 0 Å². The Labute approximate surface area is 119 Å². The van der Waals surface area contributed by atoms with Crippen LogP contribution in [0.25, 0.3) is 0 Å². The van der Waals surface area contributed by atoms with Gasteiger partial charge in [-0.25, -0.2) is 0 Å². The Morgan fingerprint density at radius 1 is 1.30 bits per heavy atom. The lowest BCUT2D eigenvalue weighted by atomic mass is 10.0. The monoisotopic (exact) mass is 281 g/mol. The van der Waals surface area contributed by atoms with Crippen LogP contribution < -0.4 is 5.32 Å². The Kier molecular flexibility index (Phi) is 4.33. The van der Waals surface area contributed by atoms with Crippen molar-refractivity contribution in [2.45, 2.75) is 56.8 Å². The summed E-state index contributed by atoms with van der Waals surface area (Å²) < 4.78 is 16.8. The van der Waals surface area contributed by atoms with Crippen molar-refractivity contribution in [1.29, 1.82) is 0 Å². The van der Waals surface area contributed by atoms with E-state index in [1.807, 2.05) is 0 Å². The molecule has 0 bridgehead atoms. The van der Waals surface area contributed by atoms with Crippen LogP contribution in [0.2, 0.25) is 0 Å². The Bertz CT molecular complexity index is 423. The quantitative estimate of drug-likeness (QED) is 0.887. The van der Waals surface area contributed by atoms with Gasteiger partial charge in [0.25, 0.3) is 5.89 Å². The molecule has 1 N–H and O–H groups in total. The van der Waals surface area contributed by atoms with Crippen LogP contribution in [0.4, 0.5) is 0 Å². The lowest BCUT2D eigenvalue weighted by Crippen LogP contribution is -2.32. The molecule has 6 nitrogen and oxygen atoms in total. The number of hydrogen-bond acceptors (Lipinski definition) is 6. The maximum Gasteiger partial charge on any atom is 0.252 e. The number of nitrogens with one attached hydrogen (secondary N) is 1. The molecule has 0 atom stereocenters. The second-order valence-corrected chi connectivity index (χ2v) is 5.68. The fourth-order valence-electron chi connectivity index (χ4n) is 3.11. The zero-order chi connectivity index (χ0) is 13.8. The molecule has 0 amide bonds. The molecule has 2 heterocycles. The summed E-state index contributed by atoms with van der Waals surface area (Å²) in [4.78, 5) is 4.48. The van der Waals surface area contributed by atoms with E-state index in [4.69, 9.17) is 14.0 Å². The molecule has 6 heteroatoms. The molecule has 1 aliphatic heterocycles. The maximum absolute atomic E-state index is 5.83. The van der Waals surface area contributed by atoms with E-state index in [2.05, 4.69) is 15.5 Å². The lowest BCUT2D eigenvalue weighted by Gasteiger charge is -2.23. The summed E-state index contributed by atoms with van der Waals surface area (Å²) >= 11 is 0. The standard InChI is InChI=1S/C14H23N3O3/c1-18-14(6-2-3-7-14)13-16-12(20-17-13)10-19-11-4-8-15-9-5-11/h11,15H,2-10H2,1H3. The summed E-state index contributed by atoms with van der Waals surface area (Å²) in [6.45, 7) is 2.44. The predicted molar refractivity (Wildman–Crippen MR) is 72.1 cm³/mol. The summed E-state index contributed by atoms with van der Waals surface area (Å²) in [6, 6.07) is 0. The molecule has 0 unspecified atom stereocenters. The van der Waals surface area contributed by atoms with Gasteiger partial charge in [0.1, 0.15) is 12.2 Å². The molecule has 112 valence electrons. The number of methoxy groups -OCH3 is 1. The highest BCUT2D eigenvalue weighted by molar-refractivity contribution is 5.04. The minimum absolute atomic E-state index is 0.300. The van der Waals surface area contributed by atoms with Gasteiger partial charge in [0.15, 0.2) is 0 Å². The summed E-state index contributed by atoms with van der Waals surface area (Å²) in [5.41, 5.74) is -0.337. The van der Waals surface area contributed by atoms with Crippen molar-refractivity contribution in [2.75, 3.05) is 20.2 Å². The van der Waals surface area contributed by atoms with Crippen LogP contribution in [0.15, 0.2) is 4.52 Å². The molecule has 20 heavy (non-hydrogen) atoms. The highest BCUT2D eigenvalue weighted by Crippen LogP contribution is 2.40. The third-order valence-electron chi connectivity index (χ3n) is 4.41. The average Bonchev–Trinajstić information content (AvgIpc) is 3.16. The number of aromatic nitrogens is 2. The topological polar surface area (TPSA) is 69.4 Å². The van der Waals surface area contributed by atoms with Crippen molar-refractivity contribution in [1.82, 2.24) is 15.5 Å². The van der Waals surface area contributed by atoms with E-state index in [9.17, 15) is 0 Å². The molecule has 0 radical (unpaired) electrons. The lowest BCUT2D eigenvalue weighted by molar-refractivity contribution is -0.0178. The van der Waals surface area contributed by atoms with Gasteiger partial charge < -0.3 is 19.3 Å². The number of rotatable bonds is 5. The smallest absolute Gasteiger partial charge is 0.252 e. The zero-order valence-electron chi connectivity index (χ0n) is 12.1. The van der Waals surface area contributed by atoms with Crippen molar-refractivity contribution in [2.24, 2.45) is 0 Å². The van der Waals surface area contributed by atoms with Gasteiger partial charge >= 0.3 is 0 Å². The van der Waals surface area contributed by atoms with Crippen LogP contribution in [0, 0.1) is 0 Å². The summed E-state index contributed by atoms with van der Waals surface area (Å²) in [7, 11) is 1.73. The van der Waals surface area contributed by atoms with E-state index in [1.54, 1.807) is 7.11 Å². The van der Waals surface area contributed by atoms with Gasteiger partial charge in [-0.15, -0.1) is 0 Å². The Morgan fingerprint density at radius 2 is 2.05 bits per heavy atom. The van der Waals surface area contributed by atoms with Crippen LogP contribution in [-0.4, -0.2) is 36.4 Å². The first-order valence-corrected chi connectivity index (χ1v) is 7.53. The van der Waals surface area contributed by atoms with Gasteiger partial charge in [0, 0.05) is 7.11 Å². The third kappa shape index (κ3) is 2.87. The second kappa shape index (κ2) is 6.20. The number of nitrogens with zero attached hydrogens (tertiary/aromatic N) is 2. The predicted octanol–water partition coefficient (Wildman–Crippen LogP) is 1.75. The highest BCUT2D eigenvalue weighted by Gasteiger charge is 2.40. The average molecular weight is 281 g/mol. The molecule has 1 saturated heterocycles. The fourth-order valence-corrected chi connectivity index (χ4v) is 3.11. The van der Waals surface area contributed by atoms with Crippen molar-refractivity contribution >= 4 is 0 Å². The van der Waals surface area contributed by atoms with Gasteiger partial charge in [-0.05, 0) is 51.6 Å². The molecule has 2 aliphatic rings. The van der Waals surface area contributed by atoms with Crippen LogP contribution in [0.5, 0.6) is 0 Å². The summed E-state index contributed by atoms with van der Waals surface area (Å²) in [5, 5.41) is 7.42. The summed E-state index contributed by atoms with van der Waals surface area (Å²) in [6.07, 6.45) is 6.64. The molecule has 3 rings (SSSR count). The fraction of sp³-hybridized carbons (Fsp3) is 0.857. The maximum atomic E-state index is 5.83. The highest BCUT2D eigenvalue weighted by atomic mass is 16.5. The van der Waals surface area contributed by atoms with Crippen LogP contribution in [0.1, 0.15) is 50.2 Å². The van der Waals surface area contributed by atoms with Gasteiger partial charge in [-0.1, -0.05) is 5.16 Å². The van der Waals surface area contributed by atoms with Crippen molar-refractivity contribution in [3.05, 3.63) is 11.7 Å². The zero-order valence-corrected chi connectivity index (χ0v) is 12.1. The second-order valence-electron chi connectivity index (χ2n) is 5.68. The van der Waals surface area contributed by atoms with Crippen molar-refractivity contribution in [3.8, 4) is 0 Å². The molecular weight excluding hydrogens is 258 g/mol. The Hall–Kier alpha value is -0.980. The van der Waals surface area contributed by atoms with Crippen LogP contribution >= 0.6 is 0 Å². The van der Waals surface area contributed by atoms with E-state index in [0.717, 1.165) is 51.6 Å². The molecule has 0 aromatic carbocycles. The largest absolute Gasteiger partial charge is 0.370 e. The van der Waals surface area contributed by atoms with E-state index in [1.165, 1.54) is 0 Å². The van der Waals surface area contributed by atoms with E-state index in [-0.39, 0.29) is 5.60 Å². The number of piperidine rings is 1. The van der Waals surface area contributed by atoms with Gasteiger partial charge in [0.05, 0.1) is 6.10 Å². The molecule has 2 fully saturated rings. The SMILES string of the molecule is COC1(c2noc(COC3CCNCC3)n2)CCCC1. The van der Waals surface area contributed by atoms with E-state index >= 15 is 0 Å². The van der Waals surface area contributed by atoms with Crippen LogP contribution in [-0.2, 0) is 21.7 Å². The molecule has 1 saturated carbocycles. The first-order chi connectivity index (χ1) is 9.82. The molecular formula is C14H23N3O3. The van der Waals surface area contributed by atoms with Gasteiger partial charge in [-0.3, -0.25) is 0 Å². The molecule has 1 aromatic heterocycles. The molecule has 0 spiro atoms. The van der Waals surface area contributed by atoms with Gasteiger partial charge in [-0.2, -0.15) is 4.98 Å². The molecule has 1 aliphatic carbocycles.